The van der Waals surface area contributed by atoms with Gasteiger partial charge >= 0.3 is 6.36 Å². The number of likely N-dealkylation sites (tertiary alicyclic amines) is 1. The van der Waals surface area contributed by atoms with Gasteiger partial charge in [0, 0.05) is 36.3 Å². The Bertz CT molecular complexity index is 1390. The number of carbonyl (C=O) groups excluding carboxylic acids is 2. The van der Waals surface area contributed by atoms with Crippen molar-refractivity contribution in [2.24, 2.45) is 0 Å². The maximum atomic E-state index is 14.0. The number of rotatable bonds is 7. The highest BCUT2D eigenvalue weighted by molar-refractivity contribution is 6.06. The zero-order valence-electron chi connectivity index (χ0n) is 21.5. The molecule has 2 atom stereocenters. The number of fused-ring (bicyclic) bond motifs is 2. The molecule has 2 unspecified atom stereocenters. The van der Waals surface area contributed by atoms with Gasteiger partial charge in [0.1, 0.15) is 5.82 Å². The molecule has 40 heavy (non-hydrogen) atoms. The van der Waals surface area contributed by atoms with Gasteiger partial charge in [-0.3, -0.25) is 24.4 Å². The number of alkyl halides is 3. The number of piperazine rings is 1. The summed E-state index contributed by atoms with van der Waals surface area (Å²) in [5, 5.41) is 5.09. The molecule has 0 spiro atoms. The molecule has 12 heteroatoms. The third-order valence-electron chi connectivity index (χ3n) is 7.20. The monoisotopic (exact) mass is 557 g/mol. The van der Waals surface area contributed by atoms with Gasteiger partial charge in [-0.1, -0.05) is 12.1 Å². The topological polar surface area (TPSA) is 86.8 Å². The van der Waals surface area contributed by atoms with Crippen molar-refractivity contribution in [3.63, 3.8) is 0 Å². The number of hydrogen-bond donors (Lipinski definition) is 2. The summed E-state index contributed by atoms with van der Waals surface area (Å²) in [6.45, 7) is 1.39. The number of halogens is 4. The Morgan fingerprint density at radius 2 is 1.75 bits per heavy atom. The molecule has 2 saturated heterocycles. The minimum Gasteiger partial charge on any atom is -0.404 e. The van der Waals surface area contributed by atoms with E-state index in [0.717, 1.165) is 31.0 Å². The van der Waals surface area contributed by atoms with E-state index in [2.05, 4.69) is 32.3 Å². The van der Waals surface area contributed by atoms with Crippen LogP contribution in [0.3, 0.4) is 0 Å². The molecule has 2 amide bonds. The van der Waals surface area contributed by atoms with E-state index < -0.39 is 29.7 Å². The van der Waals surface area contributed by atoms with Crippen molar-refractivity contribution in [2.75, 3.05) is 37.3 Å². The lowest BCUT2D eigenvalue weighted by Crippen LogP contribution is -2.53. The van der Waals surface area contributed by atoms with E-state index >= 15 is 0 Å². The summed E-state index contributed by atoms with van der Waals surface area (Å²) in [5.41, 5.74) is 0.657. The van der Waals surface area contributed by atoms with Gasteiger partial charge in [0.25, 0.3) is 5.91 Å². The average Bonchev–Trinajstić information content (AvgIpc) is 3.09. The Morgan fingerprint density at radius 3 is 2.40 bits per heavy atom. The van der Waals surface area contributed by atoms with Crippen molar-refractivity contribution in [1.82, 2.24) is 14.8 Å². The highest BCUT2D eigenvalue weighted by Gasteiger charge is 2.38. The highest BCUT2D eigenvalue weighted by Crippen LogP contribution is 2.32. The molecule has 0 radical (unpaired) electrons. The molecule has 2 bridgehead atoms. The van der Waals surface area contributed by atoms with Gasteiger partial charge in [-0.15, -0.1) is 13.2 Å². The Morgan fingerprint density at radius 1 is 1.02 bits per heavy atom. The van der Waals surface area contributed by atoms with Gasteiger partial charge in [-0.2, -0.15) is 0 Å². The molecular weight excluding hydrogens is 530 g/mol. The standard InChI is InChI=1S/C28H27F4N5O3/c1-36-19-8-9-20(36)15-37(14-19)16-26(38)35-24-12-17(6-11-25(24)40-28(30,31)32)27(39)34-18-7-10-23(33-13-18)21-4-2-3-5-22(21)29/h2-7,10-13,19-20H,8-9,14-16H2,1H3,(H,34,39)(H,35,38). The van der Waals surface area contributed by atoms with E-state index in [-0.39, 0.29) is 23.5 Å². The number of nitrogens with zero attached hydrogens (tertiary/aromatic N) is 3. The third-order valence-corrected chi connectivity index (χ3v) is 7.20. The van der Waals surface area contributed by atoms with E-state index in [1.807, 2.05) is 4.90 Å². The van der Waals surface area contributed by atoms with Crippen LogP contribution in [0, 0.1) is 5.82 Å². The molecule has 2 aliphatic rings. The van der Waals surface area contributed by atoms with Crippen molar-refractivity contribution in [3.05, 3.63) is 72.2 Å². The second kappa shape index (κ2) is 11.2. The van der Waals surface area contributed by atoms with Crippen LogP contribution in [0.1, 0.15) is 23.2 Å². The highest BCUT2D eigenvalue weighted by atomic mass is 19.4. The molecule has 2 N–H and O–H groups in total. The molecule has 5 rings (SSSR count). The summed E-state index contributed by atoms with van der Waals surface area (Å²) in [6.07, 6.45) is -1.57. The smallest absolute Gasteiger partial charge is 0.404 e. The van der Waals surface area contributed by atoms with Crippen LogP contribution in [0.15, 0.2) is 60.8 Å². The van der Waals surface area contributed by atoms with Crippen molar-refractivity contribution < 1.29 is 31.9 Å². The zero-order chi connectivity index (χ0) is 28.4. The lowest BCUT2D eigenvalue weighted by Gasteiger charge is -2.38. The van der Waals surface area contributed by atoms with Crippen LogP contribution in [0.25, 0.3) is 11.3 Å². The number of amides is 2. The molecule has 2 aliphatic heterocycles. The number of pyridine rings is 1. The van der Waals surface area contributed by atoms with Crippen LogP contribution in [0.4, 0.5) is 28.9 Å². The number of nitrogens with one attached hydrogen (secondary N) is 2. The van der Waals surface area contributed by atoms with Crippen molar-refractivity contribution in [3.8, 4) is 17.0 Å². The lowest BCUT2D eigenvalue weighted by molar-refractivity contribution is -0.274. The molecular formula is C28H27F4N5O3. The first-order valence-corrected chi connectivity index (χ1v) is 12.7. The van der Waals surface area contributed by atoms with E-state index in [1.54, 1.807) is 18.2 Å². The molecule has 3 heterocycles. The molecule has 3 aromatic rings. The molecule has 0 saturated carbocycles. The van der Waals surface area contributed by atoms with E-state index in [0.29, 0.717) is 36.4 Å². The molecule has 2 fully saturated rings. The van der Waals surface area contributed by atoms with Crippen molar-refractivity contribution in [2.45, 2.75) is 31.3 Å². The van der Waals surface area contributed by atoms with E-state index in [9.17, 15) is 27.2 Å². The van der Waals surface area contributed by atoms with Crippen molar-refractivity contribution in [1.29, 1.82) is 0 Å². The van der Waals surface area contributed by atoms with Crippen LogP contribution in [-0.2, 0) is 4.79 Å². The van der Waals surface area contributed by atoms with Crippen LogP contribution >= 0.6 is 0 Å². The number of anilines is 2. The van der Waals surface area contributed by atoms with E-state index in [1.165, 1.54) is 24.4 Å². The minimum atomic E-state index is -4.99. The predicted octanol–water partition coefficient (Wildman–Crippen LogP) is 4.76. The summed E-state index contributed by atoms with van der Waals surface area (Å²) in [5.74, 6) is -2.24. The summed E-state index contributed by atoms with van der Waals surface area (Å²) in [6, 6.07) is 13.1. The second-order valence-electron chi connectivity index (χ2n) is 9.92. The fourth-order valence-corrected chi connectivity index (χ4v) is 5.20. The maximum absolute atomic E-state index is 14.0. The summed E-state index contributed by atoms with van der Waals surface area (Å²) in [7, 11) is 2.06. The lowest BCUT2D eigenvalue weighted by atomic mass is 10.1. The summed E-state index contributed by atoms with van der Waals surface area (Å²) in [4.78, 5) is 34.2. The number of ether oxygens (including phenoxy) is 1. The van der Waals surface area contributed by atoms with Crippen molar-refractivity contribution >= 4 is 23.2 Å². The third kappa shape index (κ3) is 6.40. The van der Waals surface area contributed by atoms with Gasteiger partial charge in [0.15, 0.2) is 5.75 Å². The largest absolute Gasteiger partial charge is 0.573 e. The fourth-order valence-electron chi connectivity index (χ4n) is 5.20. The summed E-state index contributed by atoms with van der Waals surface area (Å²) >= 11 is 0. The number of carbonyl (C=O) groups is 2. The molecule has 2 aromatic carbocycles. The van der Waals surface area contributed by atoms with Crippen LogP contribution in [-0.4, -0.2) is 71.7 Å². The average molecular weight is 558 g/mol. The van der Waals surface area contributed by atoms with Gasteiger partial charge in [-0.05, 0) is 62.4 Å². The quantitative estimate of drug-likeness (QED) is 0.408. The fraction of sp³-hybridized carbons (Fsp3) is 0.321. The first-order valence-electron chi connectivity index (χ1n) is 12.7. The van der Waals surface area contributed by atoms with Gasteiger partial charge in [-0.25, -0.2) is 4.39 Å². The first kappa shape index (κ1) is 27.5. The van der Waals surface area contributed by atoms with Gasteiger partial charge < -0.3 is 15.4 Å². The molecule has 8 nitrogen and oxygen atoms in total. The normalized spacial score (nSPS) is 19.3. The Hall–Kier alpha value is -4.03. The minimum absolute atomic E-state index is 0.00273. The molecule has 210 valence electrons. The SMILES string of the molecule is CN1C2CCC1CN(CC(=O)Nc1cc(C(=O)Nc3ccc(-c4ccccc4F)nc3)ccc1OC(F)(F)F)C2. The van der Waals surface area contributed by atoms with Crippen LogP contribution in [0.2, 0.25) is 0 Å². The number of aromatic nitrogens is 1. The summed E-state index contributed by atoms with van der Waals surface area (Å²) < 4.78 is 57.2. The molecule has 1 aromatic heterocycles. The number of benzene rings is 2. The Kier molecular flexibility index (Phi) is 7.72. The Labute approximate surface area is 227 Å². The van der Waals surface area contributed by atoms with Gasteiger partial charge in [0.05, 0.1) is 29.8 Å². The van der Waals surface area contributed by atoms with Gasteiger partial charge in [0.2, 0.25) is 5.91 Å². The number of likely N-dealkylation sites (N-methyl/N-ethyl adjacent to an activating group) is 1. The van der Waals surface area contributed by atoms with Crippen LogP contribution in [0.5, 0.6) is 5.75 Å². The Balaban J connectivity index is 1.29. The van der Waals surface area contributed by atoms with E-state index in [4.69, 9.17) is 0 Å². The predicted molar refractivity (Wildman–Crippen MR) is 140 cm³/mol. The second-order valence-corrected chi connectivity index (χ2v) is 9.92. The first-order chi connectivity index (χ1) is 19.1. The van der Waals surface area contributed by atoms with Crippen LogP contribution < -0.4 is 15.4 Å². The zero-order valence-corrected chi connectivity index (χ0v) is 21.5. The maximum Gasteiger partial charge on any atom is 0.573 e. The number of hydrogen-bond acceptors (Lipinski definition) is 6. The molecule has 0 aliphatic carbocycles.